The molecule has 0 unspecified atom stereocenters. The Morgan fingerprint density at radius 3 is 2.73 bits per heavy atom. The molecule has 2 N–H and O–H groups in total. The molecule has 0 fully saturated rings. The Morgan fingerprint density at radius 2 is 2.07 bits per heavy atom. The van der Waals surface area contributed by atoms with Crippen molar-refractivity contribution in [3.63, 3.8) is 0 Å². The zero-order chi connectivity index (χ0) is 10.8. The molecule has 0 aliphatic carbocycles. The fraction of sp³-hybridized carbons (Fsp3) is 0.222. The van der Waals surface area contributed by atoms with Crippen LogP contribution in [0, 0.1) is 0 Å². The number of nitrogens with two attached hydrogens (primary N) is 1. The molecule has 80 valence electrons. The molecule has 1 aromatic carbocycles. The van der Waals surface area contributed by atoms with Crippen LogP contribution in [0.15, 0.2) is 17.3 Å². The van der Waals surface area contributed by atoms with Crippen LogP contribution in [0.5, 0.6) is 0 Å². The Balaban J connectivity index is 2.46. The second-order valence-corrected chi connectivity index (χ2v) is 3.77. The minimum Gasteiger partial charge on any atom is -0.471 e. The summed E-state index contributed by atoms with van der Waals surface area (Å²) in [6, 6.07) is 3.20. The summed E-state index contributed by atoms with van der Waals surface area (Å²) in [5.41, 5.74) is 6.70. The van der Waals surface area contributed by atoms with Gasteiger partial charge in [0.05, 0.1) is 16.3 Å². The van der Waals surface area contributed by atoms with Crippen molar-refractivity contribution in [3.8, 4) is 0 Å². The van der Waals surface area contributed by atoms with Crippen LogP contribution >= 0.6 is 23.2 Å². The Labute approximate surface area is 96.5 Å². The van der Waals surface area contributed by atoms with E-state index in [1.54, 1.807) is 12.1 Å². The van der Waals surface area contributed by atoms with Crippen molar-refractivity contribution in [1.82, 2.24) is 0 Å². The molecule has 1 aliphatic rings. The summed E-state index contributed by atoms with van der Waals surface area (Å²) in [7, 11) is 0. The molecule has 0 bridgehead atoms. The molecular weight excluding hydrogens is 239 g/mol. The first-order chi connectivity index (χ1) is 7.18. The van der Waals surface area contributed by atoms with Crippen LogP contribution < -0.4 is 5.73 Å². The highest BCUT2D eigenvalue weighted by Crippen LogP contribution is 2.28. The maximum absolute atomic E-state index is 5.88. The van der Waals surface area contributed by atoms with E-state index in [0.29, 0.717) is 40.4 Å². The lowest BCUT2D eigenvalue weighted by Gasteiger charge is -2.15. The molecule has 0 saturated carbocycles. The average Bonchev–Trinajstić information content (AvgIpc) is 2.24. The van der Waals surface area contributed by atoms with Gasteiger partial charge in [0.15, 0.2) is 6.61 Å². The number of rotatable bonds is 1. The summed E-state index contributed by atoms with van der Waals surface area (Å²) < 4.78 is 5.28. The van der Waals surface area contributed by atoms with Gasteiger partial charge in [-0.1, -0.05) is 23.2 Å². The fourth-order valence-electron chi connectivity index (χ4n) is 1.19. The van der Waals surface area contributed by atoms with E-state index in [-0.39, 0.29) is 0 Å². The van der Waals surface area contributed by atoms with E-state index in [1.165, 1.54) is 0 Å². The Hall–Kier alpha value is -1.13. The van der Waals surface area contributed by atoms with Gasteiger partial charge in [0.2, 0.25) is 0 Å². The van der Waals surface area contributed by atoms with E-state index >= 15 is 0 Å². The van der Waals surface area contributed by atoms with Crippen LogP contribution in [-0.4, -0.2) is 19.1 Å². The van der Waals surface area contributed by atoms with Gasteiger partial charge >= 0.3 is 0 Å². The molecule has 0 radical (unpaired) electrons. The van der Waals surface area contributed by atoms with Gasteiger partial charge in [-0.25, -0.2) is 0 Å². The molecule has 1 aromatic rings. The van der Waals surface area contributed by atoms with Crippen molar-refractivity contribution in [2.75, 3.05) is 18.9 Å². The van der Waals surface area contributed by atoms with Gasteiger partial charge in [-0.05, 0) is 17.3 Å². The molecule has 2 rings (SSSR count). The van der Waals surface area contributed by atoms with Crippen molar-refractivity contribution in [3.05, 3.63) is 27.7 Å². The predicted octanol–water partition coefficient (Wildman–Crippen LogP) is 2.28. The molecular formula is C9H8Cl2N2O2. The molecule has 1 aliphatic heterocycles. The third-order valence-electron chi connectivity index (χ3n) is 1.89. The minimum atomic E-state index is 0.308. The molecule has 0 spiro atoms. The van der Waals surface area contributed by atoms with Crippen LogP contribution in [0.4, 0.5) is 5.69 Å². The molecule has 1 heterocycles. The van der Waals surface area contributed by atoms with Gasteiger partial charge in [-0.2, -0.15) is 0 Å². The molecule has 0 atom stereocenters. The first kappa shape index (κ1) is 10.4. The summed E-state index contributed by atoms with van der Waals surface area (Å²) in [6.07, 6.45) is 0. The van der Waals surface area contributed by atoms with Crippen molar-refractivity contribution in [2.24, 2.45) is 5.16 Å². The highest BCUT2D eigenvalue weighted by atomic mass is 35.5. The number of hydrogen-bond acceptors (Lipinski definition) is 4. The number of oxime groups is 1. The Kier molecular flexibility index (Phi) is 2.88. The lowest BCUT2D eigenvalue weighted by molar-refractivity contribution is 0.0656. The van der Waals surface area contributed by atoms with Crippen molar-refractivity contribution < 1.29 is 9.57 Å². The third-order valence-corrected chi connectivity index (χ3v) is 2.42. The average molecular weight is 247 g/mol. The number of benzene rings is 1. The topological polar surface area (TPSA) is 56.8 Å². The zero-order valence-electron chi connectivity index (χ0n) is 7.67. The Morgan fingerprint density at radius 1 is 1.27 bits per heavy atom. The largest absolute Gasteiger partial charge is 0.471 e. The van der Waals surface area contributed by atoms with Crippen molar-refractivity contribution in [1.29, 1.82) is 0 Å². The van der Waals surface area contributed by atoms with E-state index in [1.807, 2.05) is 0 Å². The van der Waals surface area contributed by atoms with Gasteiger partial charge in [0, 0.05) is 5.02 Å². The van der Waals surface area contributed by atoms with Crippen LogP contribution in [0.2, 0.25) is 10.0 Å². The van der Waals surface area contributed by atoms with E-state index in [2.05, 4.69) is 5.16 Å². The fourth-order valence-corrected chi connectivity index (χ4v) is 1.69. The Bertz CT molecular complexity index is 421. The highest BCUT2D eigenvalue weighted by molar-refractivity contribution is 6.37. The zero-order valence-corrected chi connectivity index (χ0v) is 9.18. The second kappa shape index (κ2) is 4.16. The maximum Gasteiger partial charge on any atom is 0.259 e. The molecule has 0 amide bonds. The summed E-state index contributed by atoms with van der Waals surface area (Å²) in [4.78, 5) is 4.89. The number of ether oxygens (including phenoxy) is 1. The first-order valence-corrected chi connectivity index (χ1v) is 5.01. The maximum atomic E-state index is 5.88. The van der Waals surface area contributed by atoms with Crippen molar-refractivity contribution >= 4 is 34.8 Å². The second-order valence-electron chi connectivity index (χ2n) is 2.93. The SMILES string of the molecule is Nc1c(Cl)cc(Cl)cc1C1=NOCCO1. The van der Waals surface area contributed by atoms with Gasteiger partial charge < -0.3 is 15.3 Å². The third kappa shape index (κ3) is 2.11. The van der Waals surface area contributed by atoms with E-state index in [0.717, 1.165) is 0 Å². The molecule has 15 heavy (non-hydrogen) atoms. The number of hydrogen-bond donors (Lipinski definition) is 1. The van der Waals surface area contributed by atoms with Crippen LogP contribution in [0.25, 0.3) is 0 Å². The standard InChI is InChI=1S/C9H8Cl2N2O2/c10-5-3-6(8(12)7(11)4-5)9-13-15-2-1-14-9/h3-4H,1-2,12H2. The van der Waals surface area contributed by atoms with E-state index in [4.69, 9.17) is 38.5 Å². The summed E-state index contributed by atoms with van der Waals surface area (Å²) in [5.74, 6) is 0.308. The lowest BCUT2D eigenvalue weighted by Crippen LogP contribution is -2.18. The molecule has 0 saturated heterocycles. The van der Waals surface area contributed by atoms with Crippen LogP contribution in [-0.2, 0) is 9.57 Å². The van der Waals surface area contributed by atoms with E-state index < -0.39 is 0 Å². The quantitative estimate of drug-likeness (QED) is 0.774. The number of nitrogens with zero attached hydrogens (tertiary/aromatic N) is 1. The molecule has 6 heteroatoms. The predicted molar refractivity (Wildman–Crippen MR) is 59.3 cm³/mol. The monoisotopic (exact) mass is 246 g/mol. The summed E-state index contributed by atoms with van der Waals surface area (Å²) in [6.45, 7) is 0.861. The van der Waals surface area contributed by atoms with Gasteiger partial charge in [-0.15, -0.1) is 0 Å². The minimum absolute atomic E-state index is 0.308. The summed E-state index contributed by atoms with van der Waals surface area (Å²) >= 11 is 11.7. The molecule has 0 aromatic heterocycles. The smallest absolute Gasteiger partial charge is 0.259 e. The number of anilines is 1. The van der Waals surface area contributed by atoms with Gasteiger partial charge in [0.25, 0.3) is 5.90 Å². The van der Waals surface area contributed by atoms with E-state index in [9.17, 15) is 0 Å². The molecule has 4 nitrogen and oxygen atoms in total. The van der Waals surface area contributed by atoms with Crippen molar-refractivity contribution in [2.45, 2.75) is 0 Å². The first-order valence-electron chi connectivity index (χ1n) is 4.26. The van der Waals surface area contributed by atoms with Crippen LogP contribution in [0.3, 0.4) is 0 Å². The lowest BCUT2D eigenvalue weighted by atomic mass is 10.2. The number of halogens is 2. The highest BCUT2D eigenvalue weighted by Gasteiger charge is 2.16. The van der Waals surface area contributed by atoms with Gasteiger partial charge in [0.1, 0.15) is 6.61 Å². The van der Waals surface area contributed by atoms with Gasteiger partial charge in [-0.3, -0.25) is 0 Å². The normalized spacial score (nSPS) is 15.2. The number of nitrogen functional groups attached to an aromatic ring is 1. The van der Waals surface area contributed by atoms with Crippen LogP contribution in [0.1, 0.15) is 5.56 Å². The summed E-state index contributed by atoms with van der Waals surface area (Å²) in [5, 5.41) is 4.58.